The highest BCUT2D eigenvalue weighted by molar-refractivity contribution is 6.31. The number of benzene rings is 2. The first kappa shape index (κ1) is 16.4. The normalized spacial score (nSPS) is 18.3. The number of hydrogen-bond donors (Lipinski definition) is 0. The molecule has 1 heterocycles. The molecule has 1 aliphatic rings. The maximum Gasteiger partial charge on any atom is 0.251 e. The van der Waals surface area contributed by atoms with Crippen molar-refractivity contribution in [2.45, 2.75) is 45.2 Å². The largest absolute Gasteiger partial charge is 0.295 e. The fourth-order valence-electron chi connectivity index (χ4n) is 3.43. The molecule has 3 heteroatoms. The van der Waals surface area contributed by atoms with Gasteiger partial charge < -0.3 is 0 Å². The number of carbonyl (C=O) groups is 1. The molecule has 1 amide bonds. The number of hydrogen-bond acceptors (Lipinski definition) is 2. The van der Waals surface area contributed by atoms with E-state index >= 15 is 0 Å². The standard InChI is InChI=1S/C21H24N2O/c1-15(2)22-19-21(17-11-7-5-8-12-17,18-13-9-6-10-14-18)20(24)23(19)16(3)4/h5-16H,1-4H3. The Hall–Kier alpha value is -2.42. The average molecular weight is 320 g/mol. The molecule has 2 aromatic rings. The molecular weight excluding hydrogens is 296 g/mol. The summed E-state index contributed by atoms with van der Waals surface area (Å²) in [5.41, 5.74) is 1.17. The number of amides is 1. The van der Waals surface area contributed by atoms with Crippen LogP contribution in [-0.4, -0.2) is 28.7 Å². The molecule has 0 radical (unpaired) electrons. The Morgan fingerprint density at radius 2 is 1.29 bits per heavy atom. The molecular formula is C21H24N2O. The highest BCUT2D eigenvalue weighted by Gasteiger charge is 2.61. The van der Waals surface area contributed by atoms with E-state index in [0.29, 0.717) is 0 Å². The zero-order chi connectivity index (χ0) is 17.3. The number of likely N-dealkylation sites (tertiary alicyclic amines) is 1. The van der Waals surface area contributed by atoms with Gasteiger partial charge in [-0.15, -0.1) is 0 Å². The number of amidine groups is 1. The van der Waals surface area contributed by atoms with E-state index in [9.17, 15) is 4.79 Å². The predicted octanol–water partition coefficient (Wildman–Crippen LogP) is 4.03. The Kier molecular flexibility index (Phi) is 4.27. The summed E-state index contributed by atoms with van der Waals surface area (Å²) in [7, 11) is 0. The molecule has 0 spiro atoms. The molecule has 0 aliphatic carbocycles. The molecule has 1 aliphatic heterocycles. The summed E-state index contributed by atoms with van der Waals surface area (Å²) < 4.78 is 0. The second-order valence-corrected chi connectivity index (χ2v) is 6.80. The van der Waals surface area contributed by atoms with Crippen molar-refractivity contribution >= 4 is 11.7 Å². The Morgan fingerprint density at radius 1 is 0.833 bits per heavy atom. The molecule has 3 nitrogen and oxygen atoms in total. The molecule has 1 saturated heterocycles. The van der Waals surface area contributed by atoms with Crippen molar-refractivity contribution in [3.63, 3.8) is 0 Å². The minimum Gasteiger partial charge on any atom is -0.295 e. The fraction of sp³-hybridized carbons (Fsp3) is 0.333. The molecule has 24 heavy (non-hydrogen) atoms. The summed E-state index contributed by atoms with van der Waals surface area (Å²) in [6.45, 7) is 8.17. The summed E-state index contributed by atoms with van der Waals surface area (Å²) in [6, 6.07) is 20.2. The van der Waals surface area contributed by atoms with Crippen LogP contribution < -0.4 is 0 Å². The third kappa shape index (κ3) is 2.35. The van der Waals surface area contributed by atoms with E-state index in [2.05, 4.69) is 13.8 Å². The van der Waals surface area contributed by atoms with Crippen LogP contribution in [0.5, 0.6) is 0 Å². The minimum atomic E-state index is -0.795. The van der Waals surface area contributed by atoms with E-state index in [-0.39, 0.29) is 18.0 Å². The van der Waals surface area contributed by atoms with Crippen LogP contribution in [0, 0.1) is 0 Å². The van der Waals surface area contributed by atoms with Crippen LogP contribution in [0.25, 0.3) is 0 Å². The van der Waals surface area contributed by atoms with E-state index in [1.54, 1.807) is 0 Å². The van der Waals surface area contributed by atoms with Crippen LogP contribution in [0.4, 0.5) is 0 Å². The van der Waals surface area contributed by atoms with Crippen LogP contribution >= 0.6 is 0 Å². The third-order valence-corrected chi connectivity index (χ3v) is 4.41. The lowest BCUT2D eigenvalue weighted by molar-refractivity contribution is -0.136. The molecule has 3 rings (SSSR count). The lowest BCUT2D eigenvalue weighted by Crippen LogP contribution is -2.71. The van der Waals surface area contributed by atoms with Crippen molar-refractivity contribution in [3.05, 3.63) is 71.8 Å². The molecule has 1 fully saturated rings. The highest BCUT2D eigenvalue weighted by atomic mass is 16.2. The zero-order valence-corrected chi connectivity index (χ0v) is 14.7. The van der Waals surface area contributed by atoms with Gasteiger partial charge in [0.05, 0.1) is 0 Å². The molecule has 0 N–H and O–H groups in total. The Labute approximate surface area is 144 Å². The Bertz CT molecular complexity index is 708. The van der Waals surface area contributed by atoms with Crippen LogP contribution in [-0.2, 0) is 10.2 Å². The van der Waals surface area contributed by atoms with Gasteiger partial charge in [0, 0.05) is 12.1 Å². The van der Waals surface area contributed by atoms with Gasteiger partial charge in [0.25, 0.3) is 5.91 Å². The van der Waals surface area contributed by atoms with E-state index in [4.69, 9.17) is 4.99 Å². The number of nitrogens with zero attached hydrogens (tertiary/aromatic N) is 2. The van der Waals surface area contributed by atoms with Gasteiger partial charge >= 0.3 is 0 Å². The lowest BCUT2D eigenvalue weighted by atomic mass is 9.66. The Morgan fingerprint density at radius 3 is 1.67 bits per heavy atom. The van der Waals surface area contributed by atoms with E-state index in [1.807, 2.05) is 79.4 Å². The molecule has 0 saturated carbocycles. The van der Waals surface area contributed by atoms with E-state index in [0.717, 1.165) is 17.0 Å². The fourth-order valence-corrected chi connectivity index (χ4v) is 3.43. The molecule has 124 valence electrons. The SMILES string of the molecule is CC(C)N=C1N(C(C)C)C(=O)C1(c1ccccc1)c1ccccc1. The van der Waals surface area contributed by atoms with Crippen LogP contribution in [0.15, 0.2) is 65.7 Å². The van der Waals surface area contributed by atoms with Crippen LogP contribution in [0.2, 0.25) is 0 Å². The molecule has 0 bridgehead atoms. The summed E-state index contributed by atoms with van der Waals surface area (Å²) in [5, 5.41) is 0. The third-order valence-electron chi connectivity index (χ3n) is 4.41. The van der Waals surface area contributed by atoms with Gasteiger partial charge in [-0.25, -0.2) is 0 Å². The molecule has 2 aromatic carbocycles. The van der Waals surface area contributed by atoms with Gasteiger partial charge in [0.15, 0.2) is 5.41 Å². The number of rotatable bonds is 4. The van der Waals surface area contributed by atoms with Crippen molar-refractivity contribution in [2.24, 2.45) is 4.99 Å². The highest BCUT2D eigenvalue weighted by Crippen LogP contribution is 2.45. The van der Waals surface area contributed by atoms with Gasteiger partial charge in [-0.2, -0.15) is 0 Å². The summed E-state index contributed by atoms with van der Waals surface area (Å²) >= 11 is 0. The average Bonchev–Trinajstić information content (AvgIpc) is 2.56. The number of carbonyl (C=O) groups excluding carboxylic acids is 1. The van der Waals surface area contributed by atoms with Gasteiger partial charge in [-0.3, -0.25) is 14.7 Å². The van der Waals surface area contributed by atoms with Gasteiger partial charge in [0.1, 0.15) is 5.84 Å². The van der Waals surface area contributed by atoms with Crippen molar-refractivity contribution in [1.82, 2.24) is 4.90 Å². The second kappa shape index (κ2) is 6.23. The zero-order valence-electron chi connectivity index (χ0n) is 14.7. The van der Waals surface area contributed by atoms with Crippen molar-refractivity contribution in [3.8, 4) is 0 Å². The van der Waals surface area contributed by atoms with Gasteiger partial charge in [-0.1, -0.05) is 60.7 Å². The van der Waals surface area contributed by atoms with Crippen molar-refractivity contribution < 1.29 is 4.79 Å². The smallest absolute Gasteiger partial charge is 0.251 e. The first-order chi connectivity index (χ1) is 11.5. The minimum absolute atomic E-state index is 0.0931. The quantitative estimate of drug-likeness (QED) is 0.783. The van der Waals surface area contributed by atoms with E-state index < -0.39 is 5.41 Å². The molecule has 0 atom stereocenters. The maximum atomic E-state index is 13.4. The maximum absolute atomic E-state index is 13.4. The van der Waals surface area contributed by atoms with E-state index in [1.165, 1.54) is 0 Å². The first-order valence-electron chi connectivity index (χ1n) is 8.52. The number of aliphatic imine (C=N–C) groups is 1. The topological polar surface area (TPSA) is 32.7 Å². The first-order valence-corrected chi connectivity index (χ1v) is 8.52. The number of β-lactam (4-membered cyclic amide) rings is 1. The predicted molar refractivity (Wildman–Crippen MR) is 98.2 cm³/mol. The van der Waals surface area contributed by atoms with Crippen molar-refractivity contribution in [2.75, 3.05) is 0 Å². The second-order valence-electron chi connectivity index (χ2n) is 6.80. The van der Waals surface area contributed by atoms with Gasteiger partial charge in [-0.05, 0) is 38.8 Å². The summed E-state index contributed by atoms with van der Waals surface area (Å²) in [6.07, 6.45) is 0. The van der Waals surface area contributed by atoms with Crippen LogP contribution in [0.1, 0.15) is 38.8 Å². The molecule has 0 unspecified atom stereocenters. The van der Waals surface area contributed by atoms with Crippen LogP contribution in [0.3, 0.4) is 0 Å². The monoisotopic (exact) mass is 320 g/mol. The lowest BCUT2D eigenvalue weighted by Gasteiger charge is -2.52. The molecule has 0 aromatic heterocycles. The van der Waals surface area contributed by atoms with Crippen molar-refractivity contribution in [1.29, 1.82) is 0 Å². The summed E-state index contributed by atoms with van der Waals surface area (Å²) in [4.78, 5) is 20.1. The van der Waals surface area contributed by atoms with Gasteiger partial charge in [0.2, 0.25) is 0 Å². The Balaban J connectivity index is 2.28. The summed E-state index contributed by atoms with van der Waals surface area (Å²) in [5.74, 6) is 0.962.